The maximum absolute atomic E-state index is 5.82. The van der Waals surface area contributed by atoms with Crippen LogP contribution in [0.25, 0.3) is 0 Å². The Bertz CT molecular complexity index is 351. The maximum atomic E-state index is 5.82. The molecule has 0 fully saturated rings. The summed E-state index contributed by atoms with van der Waals surface area (Å²) in [5.41, 5.74) is 1.74. The molecule has 0 aliphatic heterocycles. The molecule has 0 saturated carbocycles. The van der Waals surface area contributed by atoms with Crippen molar-refractivity contribution >= 4 is 22.9 Å². The number of aromatic nitrogens is 1. The van der Waals surface area contributed by atoms with Crippen LogP contribution in [0.1, 0.15) is 42.8 Å². The fraction of sp³-hybridized carbons (Fsp3) is 0.750. The molecule has 0 aromatic carbocycles. The van der Waals surface area contributed by atoms with Crippen molar-refractivity contribution in [1.29, 1.82) is 0 Å². The number of hydrogen-bond donors (Lipinski definition) is 0. The molecule has 3 heteroatoms. The number of rotatable bonds is 1. The largest absolute Gasteiger partial charge is 0.245 e. The second-order valence-corrected chi connectivity index (χ2v) is 6.85. The molecule has 84 valence electrons. The fourth-order valence-corrected chi connectivity index (χ4v) is 3.49. The maximum Gasteiger partial charge on any atom is 0.108 e. The Morgan fingerprint density at radius 1 is 1.47 bits per heavy atom. The van der Waals surface area contributed by atoms with Crippen LogP contribution in [0.15, 0.2) is 0 Å². The van der Waals surface area contributed by atoms with Crippen LogP contribution >= 0.6 is 22.9 Å². The first-order valence-corrected chi connectivity index (χ1v) is 6.89. The molecule has 1 heterocycles. The smallest absolute Gasteiger partial charge is 0.108 e. The summed E-state index contributed by atoms with van der Waals surface area (Å²) in [6.07, 6.45) is 3.63. The minimum absolute atomic E-state index is 0.419. The highest BCUT2D eigenvalue weighted by atomic mass is 35.5. The van der Waals surface area contributed by atoms with Gasteiger partial charge in [-0.2, -0.15) is 0 Å². The van der Waals surface area contributed by atoms with E-state index >= 15 is 0 Å². The average molecular weight is 244 g/mol. The molecule has 1 aliphatic rings. The van der Waals surface area contributed by atoms with E-state index in [1.165, 1.54) is 23.4 Å². The summed E-state index contributed by atoms with van der Waals surface area (Å²) >= 11 is 7.63. The van der Waals surface area contributed by atoms with Crippen LogP contribution in [0.3, 0.4) is 0 Å². The predicted molar refractivity (Wildman–Crippen MR) is 66.6 cm³/mol. The van der Waals surface area contributed by atoms with Crippen LogP contribution < -0.4 is 0 Å². The van der Waals surface area contributed by atoms with Gasteiger partial charge in [-0.15, -0.1) is 22.9 Å². The quantitative estimate of drug-likeness (QED) is 0.679. The second-order valence-electron chi connectivity index (χ2n) is 5.42. The van der Waals surface area contributed by atoms with Crippen molar-refractivity contribution < 1.29 is 0 Å². The van der Waals surface area contributed by atoms with Gasteiger partial charge in [0, 0.05) is 4.88 Å². The Morgan fingerprint density at radius 3 is 2.80 bits per heavy atom. The summed E-state index contributed by atoms with van der Waals surface area (Å²) in [4.78, 5) is 6.06. The van der Waals surface area contributed by atoms with E-state index in [2.05, 4.69) is 25.8 Å². The van der Waals surface area contributed by atoms with E-state index < -0.39 is 0 Å². The number of hydrogen-bond acceptors (Lipinski definition) is 2. The zero-order valence-corrected chi connectivity index (χ0v) is 11.2. The van der Waals surface area contributed by atoms with Crippen molar-refractivity contribution in [1.82, 2.24) is 4.98 Å². The highest BCUT2D eigenvalue weighted by molar-refractivity contribution is 7.12. The molecular formula is C12H18ClNS. The first-order chi connectivity index (χ1) is 7.00. The standard InChI is InChI=1S/C12H18ClNS/c1-12(2,3)8-4-5-9-10(6-8)15-11(7-13)14-9/h8H,4-7H2,1-3H3. The average Bonchev–Trinajstić information content (AvgIpc) is 2.57. The highest BCUT2D eigenvalue weighted by Crippen LogP contribution is 2.39. The first kappa shape index (κ1) is 11.4. The summed E-state index contributed by atoms with van der Waals surface area (Å²) in [6.45, 7) is 7.02. The number of aryl methyl sites for hydroxylation is 1. The monoisotopic (exact) mass is 243 g/mol. The number of alkyl halides is 1. The van der Waals surface area contributed by atoms with Crippen molar-refractivity contribution in [2.75, 3.05) is 0 Å². The molecule has 1 atom stereocenters. The van der Waals surface area contributed by atoms with Gasteiger partial charge in [-0.3, -0.25) is 0 Å². The van der Waals surface area contributed by atoms with Crippen molar-refractivity contribution in [3.8, 4) is 0 Å². The lowest BCUT2D eigenvalue weighted by Crippen LogP contribution is -2.26. The lowest BCUT2D eigenvalue weighted by molar-refractivity contribution is 0.217. The van der Waals surface area contributed by atoms with Gasteiger partial charge < -0.3 is 0 Å². The van der Waals surface area contributed by atoms with E-state index in [0.717, 1.165) is 17.3 Å². The van der Waals surface area contributed by atoms with Crippen molar-refractivity contribution in [2.45, 2.75) is 45.9 Å². The Balaban J connectivity index is 2.19. The van der Waals surface area contributed by atoms with Gasteiger partial charge in [0.05, 0.1) is 11.6 Å². The van der Waals surface area contributed by atoms with Crippen LogP contribution in [0.4, 0.5) is 0 Å². The first-order valence-electron chi connectivity index (χ1n) is 5.54. The molecular weight excluding hydrogens is 226 g/mol. The van der Waals surface area contributed by atoms with Gasteiger partial charge in [0.25, 0.3) is 0 Å². The molecule has 0 amide bonds. The van der Waals surface area contributed by atoms with Gasteiger partial charge in [0.15, 0.2) is 0 Å². The Kier molecular flexibility index (Phi) is 3.09. The van der Waals surface area contributed by atoms with E-state index in [9.17, 15) is 0 Å². The number of nitrogens with zero attached hydrogens (tertiary/aromatic N) is 1. The van der Waals surface area contributed by atoms with Crippen LogP contribution in [0, 0.1) is 11.3 Å². The van der Waals surface area contributed by atoms with Gasteiger partial charge in [-0.25, -0.2) is 4.98 Å². The van der Waals surface area contributed by atoms with Crippen molar-refractivity contribution in [3.63, 3.8) is 0 Å². The van der Waals surface area contributed by atoms with Crippen LogP contribution in [-0.2, 0) is 18.7 Å². The molecule has 1 aromatic heterocycles. The molecule has 1 aromatic rings. The predicted octanol–water partition coefficient (Wildman–Crippen LogP) is 4.03. The minimum atomic E-state index is 0.419. The summed E-state index contributed by atoms with van der Waals surface area (Å²) in [7, 11) is 0. The zero-order valence-electron chi connectivity index (χ0n) is 9.64. The normalized spacial score (nSPS) is 21.5. The van der Waals surface area contributed by atoms with E-state index in [1.807, 2.05) is 11.3 Å². The topological polar surface area (TPSA) is 12.9 Å². The van der Waals surface area contributed by atoms with Crippen molar-refractivity contribution in [2.24, 2.45) is 11.3 Å². The third-order valence-corrected chi connectivity index (χ3v) is 4.85. The number of fused-ring (bicyclic) bond motifs is 1. The molecule has 0 radical (unpaired) electrons. The highest BCUT2D eigenvalue weighted by Gasteiger charge is 2.30. The summed E-state index contributed by atoms with van der Waals surface area (Å²) in [5, 5.41) is 1.09. The molecule has 1 unspecified atom stereocenters. The Morgan fingerprint density at radius 2 is 2.20 bits per heavy atom. The van der Waals surface area contributed by atoms with Gasteiger partial charge in [-0.05, 0) is 30.6 Å². The fourth-order valence-electron chi connectivity index (χ4n) is 2.22. The SMILES string of the molecule is CC(C)(C)C1CCc2nc(CCl)sc2C1. The van der Waals surface area contributed by atoms with Crippen LogP contribution in [-0.4, -0.2) is 4.98 Å². The molecule has 0 saturated heterocycles. The lowest BCUT2D eigenvalue weighted by Gasteiger charge is -2.33. The minimum Gasteiger partial charge on any atom is -0.245 e. The molecule has 0 bridgehead atoms. The summed E-state index contributed by atoms with van der Waals surface area (Å²) in [6, 6.07) is 0. The van der Waals surface area contributed by atoms with Crippen LogP contribution in [0.2, 0.25) is 0 Å². The zero-order chi connectivity index (χ0) is 11.1. The molecule has 2 rings (SSSR count). The van der Waals surface area contributed by atoms with Crippen LogP contribution in [0.5, 0.6) is 0 Å². The van der Waals surface area contributed by atoms with E-state index in [4.69, 9.17) is 11.6 Å². The molecule has 0 N–H and O–H groups in total. The molecule has 15 heavy (non-hydrogen) atoms. The third-order valence-electron chi connectivity index (χ3n) is 3.32. The third kappa shape index (κ3) is 2.36. The Hall–Kier alpha value is -0.0800. The molecule has 1 aliphatic carbocycles. The second kappa shape index (κ2) is 4.06. The Labute approximate surface area is 101 Å². The van der Waals surface area contributed by atoms with Gasteiger partial charge in [0.2, 0.25) is 0 Å². The summed E-state index contributed by atoms with van der Waals surface area (Å²) in [5.74, 6) is 1.37. The van der Waals surface area contributed by atoms with Gasteiger partial charge >= 0.3 is 0 Å². The lowest BCUT2D eigenvalue weighted by atomic mass is 9.73. The van der Waals surface area contributed by atoms with E-state index in [1.54, 1.807) is 0 Å². The molecule has 0 spiro atoms. The van der Waals surface area contributed by atoms with E-state index in [0.29, 0.717) is 11.3 Å². The molecule has 1 nitrogen and oxygen atoms in total. The number of halogens is 1. The van der Waals surface area contributed by atoms with Gasteiger partial charge in [-0.1, -0.05) is 20.8 Å². The van der Waals surface area contributed by atoms with E-state index in [-0.39, 0.29) is 0 Å². The van der Waals surface area contributed by atoms with Gasteiger partial charge in [0.1, 0.15) is 5.01 Å². The summed E-state index contributed by atoms with van der Waals surface area (Å²) < 4.78 is 0. The van der Waals surface area contributed by atoms with Crippen molar-refractivity contribution in [3.05, 3.63) is 15.6 Å². The number of thiazole rings is 1.